The van der Waals surface area contributed by atoms with Crippen LogP contribution in [0.5, 0.6) is 0 Å². The molecule has 1 heterocycles. The van der Waals surface area contributed by atoms with Crippen LogP contribution in [0.25, 0.3) is 22.4 Å². The summed E-state index contributed by atoms with van der Waals surface area (Å²) in [6.07, 6.45) is 3.76. The van der Waals surface area contributed by atoms with Gasteiger partial charge in [-0.2, -0.15) is 5.10 Å². The average molecular weight is 484 g/mol. The average Bonchev–Trinajstić information content (AvgIpc) is 3.22. The third kappa shape index (κ3) is 7.16. The minimum absolute atomic E-state index is 0.0842. The Labute approximate surface area is 202 Å². The summed E-state index contributed by atoms with van der Waals surface area (Å²) in [5, 5.41) is 7.51. The highest BCUT2D eigenvalue weighted by Gasteiger charge is 2.17. The highest BCUT2D eigenvalue weighted by molar-refractivity contribution is 7.92. The van der Waals surface area contributed by atoms with Crippen LogP contribution in [0.15, 0.2) is 60.8 Å². The molecule has 34 heavy (non-hydrogen) atoms. The van der Waals surface area contributed by atoms with Crippen molar-refractivity contribution in [1.29, 1.82) is 0 Å². The van der Waals surface area contributed by atoms with Gasteiger partial charge < -0.3 is 10.2 Å². The molecule has 0 radical (unpaired) electrons. The molecule has 0 unspecified atom stereocenters. The third-order valence-corrected chi connectivity index (χ3v) is 6.15. The van der Waals surface area contributed by atoms with Crippen molar-refractivity contribution in [2.24, 2.45) is 0 Å². The normalized spacial score (nSPS) is 11.5. The van der Waals surface area contributed by atoms with E-state index < -0.39 is 10.0 Å². The molecule has 2 N–H and O–H groups in total. The molecule has 0 saturated heterocycles. The number of hydrogen-bond acceptors (Lipinski definition) is 5. The Morgan fingerprint density at radius 3 is 2.29 bits per heavy atom. The molecule has 0 aliphatic carbocycles. The predicted octanol–water partition coefficient (Wildman–Crippen LogP) is 3.44. The van der Waals surface area contributed by atoms with E-state index in [4.69, 9.17) is 0 Å². The smallest absolute Gasteiger partial charge is 0.241 e. The summed E-state index contributed by atoms with van der Waals surface area (Å²) in [7, 11) is -3.35. The zero-order valence-electron chi connectivity index (χ0n) is 20.0. The summed E-state index contributed by atoms with van der Waals surface area (Å²) < 4.78 is 27.2. The molecule has 1 amide bonds. The standard InChI is InChI=1S/C25H33N5O3S/c1-4-29(5-2)17-9-16-26-24(31)19-30-25(21-10-7-6-8-11-21)23(18-27-30)20-12-14-22(15-13-20)28-34(3,32)33/h6-8,10-15,18,28H,4-5,9,16-17,19H2,1-3H3,(H,26,31). The molecule has 0 aliphatic heterocycles. The van der Waals surface area contributed by atoms with Gasteiger partial charge in [0.15, 0.2) is 0 Å². The van der Waals surface area contributed by atoms with Crippen LogP contribution in [0, 0.1) is 0 Å². The first kappa shape index (κ1) is 25.5. The van der Waals surface area contributed by atoms with Crippen molar-refractivity contribution in [1.82, 2.24) is 20.0 Å². The molecular formula is C25H33N5O3S. The first-order valence-corrected chi connectivity index (χ1v) is 13.4. The maximum Gasteiger partial charge on any atom is 0.241 e. The van der Waals surface area contributed by atoms with Crippen molar-refractivity contribution in [2.45, 2.75) is 26.8 Å². The number of sulfonamides is 1. The lowest BCUT2D eigenvalue weighted by Gasteiger charge is -2.17. The van der Waals surface area contributed by atoms with Gasteiger partial charge in [0.25, 0.3) is 0 Å². The summed E-state index contributed by atoms with van der Waals surface area (Å²) in [5.74, 6) is -0.0842. The van der Waals surface area contributed by atoms with Gasteiger partial charge in [0.2, 0.25) is 15.9 Å². The number of rotatable bonds is 12. The van der Waals surface area contributed by atoms with Crippen LogP contribution in [0.1, 0.15) is 20.3 Å². The van der Waals surface area contributed by atoms with Gasteiger partial charge >= 0.3 is 0 Å². The van der Waals surface area contributed by atoms with Gasteiger partial charge in [0.1, 0.15) is 6.54 Å². The minimum atomic E-state index is -3.35. The number of hydrogen-bond donors (Lipinski definition) is 2. The zero-order chi connectivity index (χ0) is 24.6. The maximum atomic E-state index is 12.7. The molecule has 0 spiro atoms. The Balaban J connectivity index is 1.78. The summed E-state index contributed by atoms with van der Waals surface area (Å²) in [5.41, 5.74) is 4.02. The second-order valence-corrected chi connectivity index (χ2v) is 9.86. The fourth-order valence-corrected chi connectivity index (χ4v) is 4.38. The fraction of sp³-hybridized carbons (Fsp3) is 0.360. The first-order chi connectivity index (χ1) is 16.3. The molecule has 1 aromatic heterocycles. The summed E-state index contributed by atoms with van der Waals surface area (Å²) in [4.78, 5) is 15.0. The Kier molecular flexibility index (Phi) is 8.84. The molecule has 0 saturated carbocycles. The largest absolute Gasteiger partial charge is 0.354 e. The van der Waals surface area contributed by atoms with Crippen LogP contribution in [0.4, 0.5) is 5.69 Å². The van der Waals surface area contributed by atoms with E-state index >= 15 is 0 Å². The van der Waals surface area contributed by atoms with E-state index in [2.05, 4.69) is 33.9 Å². The highest BCUT2D eigenvalue weighted by atomic mass is 32.2. The number of carbonyl (C=O) groups is 1. The molecule has 0 bridgehead atoms. The molecule has 9 heteroatoms. The highest BCUT2D eigenvalue weighted by Crippen LogP contribution is 2.32. The summed E-state index contributed by atoms with van der Waals surface area (Å²) in [6, 6.07) is 16.9. The van der Waals surface area contributed by atoms with Crippen molar-refractivity contribution < 1.29 is 13.2 Å². The van der Waals surface area contributed by atoms with E-state index in [0.29, 0.717) is 12.2 Å². The number of benzene rings is 2. The molecule has 182 valence electrons. The second kappa shape index (κ2) is 11.8. The van der Waals surface area contributed by atoms with Gasteiger partial charge in [-0.1, -0.05) is 56.3 Å². The number of nitrogens with one attached hydrogen (secondary N) is 2. The van der Waals surface area contributed by atoms with Gasteiger partial charge in [-0.25, -0.2) is 8.42 Å². The quantitative estimate of drug-likeness (QED) is 0.385. The lowest BCUT2D eigenvalue weighted by Crippen LogP contribution is -2.32. The molecule has 8 nitrogen and oxygen atoms in total. The molecular weight excluding hydrogens is 450 g/mol. The third-order valence-electron chi connectivity index (χ3n) is 5.55. The molecule has 0 aliphatic rings. The number of anilines is 1. The van der Waals surface area contributed by atoms with Crippen LogP contribution in [0.2, 0.25) is 0 Å². The number of amides is 1. The van der Waals surface area contributed by atoms with Gasteiger partial charge in [0, 0.05) is 23.4 Å². The molecule has 3 rings (SSSR count). The number of aromatic nitrogens is 2. The monoisotopic (exact) mass is 483 g/mol. The molecule has 0 atom stereocenters. The SMILES string of the molecule is CCN(CC)CCCNC(=O)Cn1ncc(-c2ccc(NS(C)(=O)=O)cc2)c1-c1ccccc1. The van der Waals surface area contributed by atoms with E-state index in [0.717, 1.165) is 54.7 Å². The lowest BCUT2D eigenvalue weighted by atomic mass is 10.0. The van der Waals surface area contributed by atoms with Crippen molar-refractivity contribution >= 4 is 21.6 Å². The van der Waals surface area contributed by atoms with E-state index in [1.807, 2.05) is 42.5 Å². The van der Waals surface area contributed by atoms with Crippen LogP contribution < -0.4 is 10.0 Å². The Hall–Kier alpha value is -3.17. The Morgan fingerprint density at radius 1 is 1.00 bits per heavy atom. The minimum Gasteiger partial charge on any atom is -0.354 e. The van der Waals surface area contributed by atoms with E-state index in [1.165, 1.54) is 0 Å². The first-order valence-electron chi connectivity index (χ1n) is 11.5. The van der Waals surface area contributed by atoms with Crippen LogP contribution in [-0.2, 0) is 21.4 Å². The summed E-state index contributed by atoms with van der Waals surface area (Å²) in [6.45, 7) is 7.98. The van der Waals surface area contributed by atoms with Crippen molar-refractivity contribution in [3.63, 3.8) is 0 Å². The fourth-order valence-electron chi connectivity index (χ4n) is 3.81. The van der Waals surface area contributed by atoms with Gasteiger partial charge in [0.05, 0.1) is 18.1 Å². The van der Waals surface area contributed by atoms with Crippen LogP contribution >= 0.6 is 0 Å². The van der Waals surface area contributed by atoms with Crippen molar-refractivity contribution in [3.8, 4) is 22.4 Å². The topological polar surface area (TPSA) is 96.3 Å². The Bertz CT molecular complexity index is 1170. The van der Waals surface area contributed by atoms with E-state index in [-0.39, 0.29) is 12.5 Å². The van der Waals surface area contributed by atoms with Crippen molar-refractivity contribution in [3.05, 3.63) is 60.8 Å². The molecule has 2 aromatic carbocycles. The van der Waals surface area contributed by atoms with Crippen LogP contribution in [0.3, 0.4) is 0 Å². The van der Waals surface area contributed by atoms with Crippen molar-refractivity contribution in [2.75, 3.05) is 37.2 Å². The molecule has 3 aromatic rings. The zero-order valence-corrected chi connectivity index (χ0v) is 20.8. The van der Waals surface area contributed by atoms with Crippen LogP contribution in [-0.4, -0.2) is 61.4 Å². The lowest BCUT2D eigenvalue weighted by molar-refractivity contribution is -0.121. The van der Waals surface area contributed by atoms with Gasteiger partial charge in [-0.05, 0) is 43.8 Å². The van der Waals surface area contributed by atoms with E-state index in [1.54, 1.807) is 23.0 Å². The maximum absolute atomic E-state index is 12.7. The second-order valence-electron chi connectivity index (χ2n) is 8.11. The van der Waals surface area contributed by atoms with Gasteiger partial charge in [-0.15, -0.1) is 0 Å². The molecule has 0 fully saturated rings. The van der Waals surface area contributed by atoms with Gasteiger partial charge in [-0.3, -0.25) is 14.2 Å². The Morgan fingerprint density at radius 2 is 1.68 bits per heavy atom. The number of carbonyl (C=O) groups excluding carboxylic acids is 1. The van der Waals surface area contributed by atoms with E-state index in [9.17, 15) is 13.2 Å². The predicted molar refractivity (Wildman–Crippen MR) is 137 cm³/mol. The number of nitrogens with zero attached hydrogens (tertiary/aromatic N) is 3. The summed E-state index contributed by atoms with van der Waals surface area (Å²) >= 11 is 0.